The molecule has 1 unspecified atom stereocenters. The number of H-pyrrole nitrogens is 1. The summed E-state index contributed by atoms with van der Waals surface area (Å²) >= 11 is 0. The SMILES string of the molecule is Cc1ccc(C(=O)NC2CC(C)(C)Oc3ccc(N)cc32)c(=O)[nH]1. The second kappa shape index (κ2) is 5.70. The van der Waals surface area contributed by atoms with E-state index in [1.807, 2.05) is 19.9 Å². The monoisotopic (exact) mass is 327 g/mol. The van der Waals surface area contributed by atoms with Crippen LogP contribution in [0.3, 0.4) is 0 Å². The third kappa shape index (κ3) is 3.13. The van der Waals surface area contributed by atoms with E-state index in [1.54, 1.807) is 25.1 Å². The molecule has 4 N–H and O–H groups in total. The number of anilines is 1. The Morgan fingerprint density at radius 1 is 1.33 bits per heavy atom. The zero-order chi connectivity index (χ0) is 17.5. The van der Waals surface area contributed by atoms with Gasteiger partial charge in [-0.25, -0.2) is 0 Å². The lowest BCUT2D eigenvalue weighted by Gasteiger charge is -2.38. The third-order valence-electron chi connectivity index (χ3n) is 4.10. The highest BCUT2D eigenvalue weighted by Crippen LogP contribution is 2.40. The van der Waals surface area contributed by atoms with Gasteiger partial charge in [0.15, 0.2) is 0 Å². The average Bonchev–Trinajstić information content (AvgIpc) is 2.47. The number of hydrogen-bond donors (Lipinski definition) is 3. The number of amides is 1. The standard InChI is InChI=1S/C18H21N3O3/c1-10-4-6-12(16(22)20-10)17(23)21-14-9-18(2,3)24-15-7-5-11(19)8-13(14)15/h4-8,14H,9,19H2,1-3H3,(H,20,22)(H,21,23). The Bertz CT molecular complexity index is 855. The van der Waals surface area contributed by atoms with Gasteiger partial charge >= 0.3 is 0 Å². The molecule has 0 spiro atoms. The summed E-state index contributed by atoms with van der Waals surface area (Å²) in [7, 11) is 0. The number of pyridine rings is 1. The molecule has 126 valence electrons. The molecule has 0 radical (unpaired) electrons. The normalized spacial score (nSPS) is 18.4. The van der Waals surface area contributed by atoms with Crippen LogP contribution in [-0.4, -0.2) is 16.5 Å². The fraction of sp³-hybridized carbons (Fsp3) is 0.333. The third-order valence-corrected chi connectivity index (χ3v) is 4.10. The maximum absolute atomic E-state index is 12.5. The molecule has 1 amide bonds. The molecule has 1 aromatic heterocycles. The number of benzene rings is 1. The minimum absolute atomic E-state index is 0.0929. The van der Waals surface area contributed by atoms with Crippen LogP contribution in [0.5, 0.6) is 5.75 Å². The minimum Gasteiger partial charge on any atom is -0.487 e. The van der Waals surface area contributed by atoms with Crippen LogP contribution in [0.1, 0.15) is 47.9 Å². The molecule has 1 aromatic carbocycles. The zero-order valence-corrected chi connectivity index (χ0v) is 14.0. The van der Waals surface area contributed by atoms with Crippen molar-refractivity contribution in [1.29, 1.82) is 0 Å². The lowest BCUT2D eigenvalue weighted by molar-refractivity contribution is 0.0619. The number of aromatic amines is 1. The van der Waals surface area contributed by atoms with Crippen LogP contribution in [0.4, 0.5) is 5.69 Å². The predicted octanol–water partition coefficient (Wildman–Crippen LogP) is 2.30. The molecule has 0 saturated carbocycles. The van der Waals surface area contributed by atoms with E-state index in [0.29, 0.717) is 23.6 Å². The van der Waals surface area contributed by atoms with Crippen LogP contribution < -0.4 is 21.3 Å². The first-order valence-corrected chi connectivity index (χ1v) is 7.84. The number of nitrogen functional groups attached to an aromatic ring is 1. The van der Waals surface area contributed by atoms with Crippen molar-refractivity contribution >= 4 is 11.6 Å². The smallest absolute Gasteiger partial charge is 0.260 e. The molecule has 0 aliphatic carbocycles. The Hall–Kier alpha value is -2.76. The summed E-state index contributed by atoms with van der Waals surface area (Å²) in [6, 6.07) is 8.34. The zero-order valence-electron chi connectivity index (χ0n) is 14.0. The van der Waals surface area contributed by atoms with Crippen molar-refractivity contribution in [3.05, 3.63) is 57.5 Å². The summed E-state index contributed by atoms with van der Waals surface area (Å²) in [5.74, 6) is 0.288. The molecular weight excluding hydrogens is 306 g/mol. The summed E-state index contributed by atoms with van der Waals surface area (Å²) in [6.45, 7) is 5.69. The second-order valence-corrected chi connectivity index (χ2v) is 6.77. The minimum atomic E-state index is -0.430. The van der Waals surface area contributed by atoms with Crippen molar-refractivity contribution in [3.8, 4) is 5.75 Å². The Labute approximate surface area is 140 Å². The maximum atomic E-state index is 12.5. The van der Waals surface area contributed by atoms with E-state index in [9.17, 15) is 9.59 Å². The van der Waals surface area contributed by atoms with Crippen LogP contribution in [0, 0.1) is 6.92 Å². The van der Waals surface area contributed by atoms with Gasteiger partial charge in [0.2, 0.25) is 0 Å². The van der Waals surface area contributed by atoms with Gasteiger partial charge in [-0.05, 0) is 51.1 Å². The van der Waals surface area contributed by atoms with E-state index in [0.717, 1.165) is 5.56 Å². The first-order chi connectivity index (χ1) is 11.2. The Kier molecular flexibility index (Phi) is 3.83. The number of ether oxygens (including phenoxy) is 1. The van der Waals surface area contributed by atoms with Gasteiger partial charge in [0.1, 0.15) is 16.9 Å². The lowest BCUT2D eigenvalue weighted by atomic mass is 9.89. The Balaban J connectivity index is 1.93. The van der Waals surface area contributed by atoms with Crippen molar-refractivity contribution in [1.82, 2.24) is 10.3 Å². The summed E-state index contributed by atoms with van der Waals surface area (Å²) in [4.78, 5) is 27.2. The number of aromatic nitrogens is 1. The fourth-order valence-corrected chi connectivity index (χ4v) is 2.99. The van der Waals surface area contributed by atoms with Gasteiger partial charge in [0, 0.05) is 23.4 Å². The van der Waals surface area contributed by atoms with Crippen LogP contribution in [0.25, 0.3) is 0 Å². The molecule has 2 aromatic rings. The lowest BCUT2D eigenvalue weighted by Crippen LogP contribution is -2.42. The van der Waals surface area contributed by atoms with Crippen LogP contribution in [0.2, 0.25) is 0 Å². The number of nitrogens with one attached hydrogen (secondary N) is 2. The van der Waals surface area contributed by atoms with Crippen molar-refractivity contribution in [2.24, 2.45) is 0 Å². The van der Waals surface area contributed by atoms with Gasteiger partial charge in [0.05, 0.1) is 6.04 Å². The van der Waals surface area contributed by atoms with E-state index in [2.05, 4.69) is 10.3 Å². The quantitative estimate of drug-likeness (QED) is 0.737. The molecule has 0 bridgehead atoms. The molecule has 24 heavy (non-hydrogen) atoms. The number of nitrogens with two attached hydrogens (primary N) is 1. The Morgan fingerprint density at radius 3 is 2.79 bits per heavy atom. The van der Waals surface area contributed by atoms with E-state index >= 15 is 0 Å². The molecule has 1 aliphatic rings. The van der Waals surface area contributed by atoms with Crippen LogP contribution in [0.15, 0.2) is 35.1 Å². The first-order valence-electron chi connectivity index (χ1n) is 7.84. The van der Waals surface area contributed by atoms with Gasteiger partial charge in [-0.2, -0.15) is 0 Å². The van der Waals surface area contributed by atoms with Crippen LogP contribution in [-0.2, 0) is 0 Å². The topological polar surface area (TPSA) is 97.2 Å². The molecule has 2 heterocycles. The highest BCUT2D eigenvalue weighted by atomic mass is 16.5. The van der Waals surface area contributed by atoms with E-state index in [4.69, 9.17) is 10.5 Å². The molecule has 6 nitrogen and oxygen atoms in total. The van der Waals surface area contributed by atoms with Gasteiger partial charge in [-0.3, -0.25) is 9.59 Å². The molecule has 1 atom stereocenters. The molecular formula is C18H21N3O3. The molecule has 0 fully saturated rings. The predicted molar refractivity (Wildman–Crippen MR) is 92.2 cm³/mol. The van der Waals surface area contributed by atoms with E-state index in [1.165, 1.54) is 6.07 Å². The van der Waals surface area contributed by atoms with Gasteiger partial charge in [-0.15, -0.1) is 0 Å². The van der Waals surface area contributed by atoms with Crippen molar-refractivity contribution in [2.75, 3.05) is 5.73 Å². The molecule has 6 heteroatoms. The first kappa shape index (κ1) is 16.1. The fourth-order valence-electron chi connectivity index (χ4n) is 2.99. The average molecular weight is 327 g/mol. The summed E-state index contributed by atoms with van der Waals surface area (Å²) < 4.78 is 5.96. The largest absolute Gasteiger partial charge is 0.487 e. The second-order valence-electron chi connectivity index (χ2n) is 6.77. The highest BCUT2D eigenvalue weighted by Gasteiger charge is 2.35. The van der Waals surface area contributed by atoms with Gasteiger partial charge in [0.25, 0.3) is 11.5 Å². The Morgan fingerprint density at radius 2 is 2.08 bits per heavy atom. The molecule has 3 rings (SSSR count). The number of carbonyl (C=O) groups is 1. The highest BCUT2D eigenvalue weighted by molar-refractivity contribution is 5.94. The maximum Gasteiger partial charge on any atom is 0.260 e. The number of rotatable bonds is 2. The summed E-state index contributed by atoms with van der Waals surface area (Å²) in [6.07, 6.45) is 0.582. The number of fused-ring (bicyclic) bond motifs is 1. The van der Waals surface area contributed by atoms with Crippen molar-refractivity contribution in [2.45, 2.75) is 38.8 Å². The van der Waals surface area contributed by atoms with E-state index < -0.39 is 17.1 Å². The summed E-state index contributed by atoms with van der Waals surface area (Å²) in [5.41, 5.74) is 7.27. The van der Waals surface area contributed by atoms with Crippen LogP contribution >= 0.6 is 0 Å². The number of hydrogen-bond acceptors (Lipinski definition) is 4. The molecule has 0 saturated heterocycles. The number of aryl methyl sites for hydroxylation is 1. The van der Waals surface area contributed by atoms with E-state index in [-0.39, 0.29) is 11.6 Å². The van der Waals surface area contributed by atoms with Crippen molar-refractivity contribution in [3.63, 3.8) is 0 Å². The van der Waals surface area contributed by atoms with Gasteiger partial charge < -0.3 is 20.8 Å². The van der Waals surface area contributed by atoms with Crippen molar-refractivity contribution < 1.29 is 9.53 Å². The number of carbonyl (C=O) groups excluding carboxylic acids is 1. The van der Waals surface area contributed by atoms with Gasteiger partial charge in [-0.1, -0.05) is 0 Å². The summed E-state index contributed by atoms with van der Waals surface area (Å²) in [5, 5.41) is 2.94. The molecule has 1 aliphatic heterocycles.